The molecular formula is C13H19NO3. The Balaban J connectivity index is 2.37. The normalized spacial score (nSPS) is 10.2. The number of esters is 1. The van der Waals surface area contributed by atoms with Crippen molar-refractivity contribution in [2.75, 3.05) is 20.3 Å². The quantitative estimate of drug-likeness (QED) is 0.535. The second-order valence-electron chi connectivity index (χ2n) is 3.80. The van der Waals surface area contributed by atoms with Gasteiger partial charge < -0.3 is 9.47 Å². The van der Waals surface area contributed by atoms with Gasteiger partial charge in [0.05, 0.1) is 18.7 Å². The minimum atomic E-state index is -0.266. The van der Waals surface area contributed by atoms with E-state index in [0.29, 0.717) is 13.2 Å². The van der Waals surface area contributed by atoms with Gasteiger partial charge in [0, 0.05) is 13.3 Å². The SMILES string of the molecule is CCCc1ccc(CC(=O)OCCOC)nc1. The van der Waals surface area contributed by atoms with Crippen LogP contribution < -0.4 is 0 Å². The van der Waals surface area contributed by atoms with Crippen LogP contribution in [0.1, 0.15) is 24.6 Å². The molecule has 94 valence electrons. The van der Waals surface area contributed by atoms with Gasteiger partial charge in [-0.3, -0.25) is 9.78 Å². The molecule has 4 heteroatoms. The number of hydrogen-bond donors (Lipinski definition) is 0. The van der Waals surface area contributed by atoms with E-state index < -0.39 is 0 Å². The highest BCUT2D eigenvalue weighted by molar-refractivity contribution is 5.71. The minimum Gasteiger partial charge on any atom is -0.463 e. The summed E-state index contributed by atoms with van der Waals surface area (Å²) in [6.45, 7) is 2.85. The molecule has 0 atom stereocenters. The van der Waals surface area contributed by atoms with E-state index in [1.165, 1.54) is 5.56 Å². The van der Waals surface area contributed by atoms with E-state index in [1.54, 1.807) is 7.11 Å². The Morgan fingerprint density at radius 3 is 2.76 bits per heavy atom. The van der Waals surface area contributed by atoms with Crippen molar-refractivity contribution in [3.05, 3.63) is 29.6 Å². The molecule has 0 radical (unpaired) electrons. The maximum atomic E-state index is 11.4. The van der Waals surface area contributed by atoms with Crippen LogP contribution in [-0.4, -0.2) is 31.3 Å². The molecule has 0 bridgehead atoms. The van der Waals surface area contributed by atoms with Gasteiger partial charge in [-0.25, -0.2) is 0 Å². The Morgan fingerprint density at radius 2 is 2.18 bits per heavy atom. The maximum Gasteiger partial charge on any atom is 0.311 e. The van der Waals surface area contributed by atoms with Gasteiger partial charge in [0.2, 0.25) is 0 Å². The van der Waals surface area contributed by atoms with Crippen molar-refractivity contribution in [1.82, 2.24) is 4.98 Å². The second kappa shape index (κ2) is 7.79. The molecule has 0 saturated heterocycles. The number of hydrogen-bond acceptors (Lipinski definition) is 4. The zero-order valence-corrected chi connectivity index (χ0v) is 10.4. The van der Waals surface area contributed by atoms with Crippen molar-refractivity contribution >= 4 is 5.97 Å². The topological polar surface area (TPSA) is 48.4 Å². The number of rotatable bonds is 7. The molecule has 0 amide bonds. The first-order chi connectivity index (χ1) is 8.26. The highest BCUT2D eigenvalue weighted by Gasteiger charge is 2.05. The van der Waals surface area contributed by atoms with Gasteiger partial charge in [0.1, 0.15) is 6.61 Å². The lowest BCUT2D eigenvalue weighted by atomic mass is 10.1. The molecule has 0 spiro atoms. The van der Waals surface area contributed by atoms with E-state index >= 15 is 0 Å². The highest BCUT2D eigenvalue weighted by atomic mass is 16.6. The summed E-state index contributed by atoms with van der Waals surface area (Å²) in [5, 5.41) is 0. The zero-order valence-electron chi connectivity index (χ0n) is 10.4. The molecule has 1 rings (SSSR count). The van der Waals surface area contributed by atoms with Crippen molar-refractivity contribution in [2.45, 2.75) is 26.2 Å². The van der Waals surface area contributed by atoms with Crippen LogP contribution in [0.25, 0.3) is 0 Å². The predicted molar refractivity (Wildman–Crippen MR) is 64.8 cm³/mol. The summed E-state index contributed by atoms with van der Waals surface area (Å²) in [5.41, 5.74) is 1.94. The van der Waals surface area contributed by atoms with Crippen molar-refractivity contribution in [2.24, 2.45) is 0 Å². The number of methoxy groups -OCH3 is 1. The van der Waals surface area contributed by atoms with Crippen LogP contribution in [0.4, 0.5) is 0 Å². The van der Waals surface area contributed by atoms with Gasteiger partial charge in [0.25, 0.3) is 0 Å². The van der Waals surface area contributed by atoms with Crippen molar-refractivity contribution in [3.8, 4) is 0 Å². The molecule has 4 nitrogen and oxygen atoms in total. The van der Waals surface area contributed by atoms with Gasteiger partial charge in [-0.05, 0) is 18.1 Å². The van der Waals surface area contributed by atoms with Gasteiger partial charge in [0.15, 0.2) is 0 Å². The van der Waals surface area contributed by atoms with E-state index in [9.17, 15) is 4.79 Å². The van der Waals surface area contributed by atoms with Crippen molar-refractivity contribution < 1.29 is 14.3 Å². The molecule has 0 unspecified atom stereocenters. The first-order valence-electron chi connectivity index (χ1n) is 5.84. The molecule has 0 aliphatic rings. The van der Waals surface area contributed by atoms with E-state index in [1.807, 2.05) is 18.3 Å². The Hall–Kier alpha value is -1.42. The summed E-state index contributed by atoms with van der Waals surface area (Å²) in [6.07, 6.45) is 4.16. The van der Waals surface area contributed by atoms with Crippen molar-refractivity contribution in [1.29, 1.82) is 0 Å². The molecule has 1 heterocycles. The lowest BCUT2D eigenvalue weighted by Crippen LogP contribution is -2.12. The number of pyridine rings is 1. The Labute approximate surface area is 102 Å². The van der Waals surface area contributed by atoms with Gasteiger partial charge in [-0.1, -0.05) is 19.4 Å². The number of ether oxygens (including phenoxy) is 2. The second-order valence-corrected chi connectivity index (χ2v) is 3.80. The summed E-state index contributed by atoms with van der Waals surface area (Å²) in [5.74, 6) is -0.266. The molecule has 1 aromatic rings. The molecule has 0 saturated carbocycles. The maximum absolute atomic E-state index is 11.4. The zero-order chi connectivity index (χ0) is 12.5. The molecule has 17 heavy (non-hydrogen) atoms. The fourth-order valence-electron chi connectivity index (χ4n) is 1.43. The number of carbonyl (C=O) groups is 1. The molecule has 0 aromatic carbocycles. The van der Waals surface area contributed by atoms with E-state index in [2.05, 4.69) is 11.9 Å². The smallest absolute Gasteiger partial charge is 0.311 e. The molecule has 0 aliphatic heterocycles. The summed E-state index contributed by atoms with van der Waals surface area (Å²) in [4.78, 5) is 15.6. The monoisotopic (exact) mass is 237 g/mol. The average Bonchev–Trinajstić information content (AvgIpc) is 2.32. The molecular weight excluding hydrogens is 218 g/mol. The Kier molecular flexibility index (Phi) is 6.25. The van der Waals surface area contributed by atoms with Crippen LogP contribution in [-0.2, 0) is 27.1 Å². The van der Waals surface area contributed by atoms with Crippen LogP contribution in [0.2, 0.25) is 0 Å². The number of nitrogens with zero attached hydrogens (tertiary/aromatic N) is 1. The van der Waals surface area contributed by atoms with Gasteiger partial charge in [-0.2, -0.15) is 0 Å². The highest BCUT2D eigenvalue weighted by Crippen LogP contribution is 2.04. The third-order valence-electron chi connectivity index (χ3n) is 2.30. The first kappa shape index (κ1) is 13.6. The lowest BCUT2D eigenvalue weighted by molar-refractivity contribution is -0.144. The molecule has 0 N–H and O–H groups in total. The Morgan fingerprint density at radius 1 is 1.35 bits per heavy atom. The van der Waals surface area contributed by atoms with E-state index in [-0.39, 0.29) is 12.4 Å². The van der Waals surface area contributed by atoms with Crippen LogP contribution in [0.3, 0.4) is 0 Å². The minimum absolute atomic E-state index is 0.218. The first-order valence-corrected chi connectivity index (χ1v) is 5.84. The van der Waals surface area contributed by atoms with Gasteiger partial charge in [-0.15, -0.1) is 0 Å². The largest absolute Gasteiger partial charge is 0.463 e. The van der Waals surface area contributed by atoms with Crippen molar-refractivity contribution in [3.63, 3.8) is 0 Å². The summed E-state index contributed by atoms with van der Waals surface area (Å²) in [6, 6.07) is 3.89. The fourth-order valence-corrected chi connectivity index (χ4v) is 1.43. The van der Waals surface area contributed by atoms with Crippen LogP contribution in [0, 0.1) is 0 Å². The van der Waals surface area contributed by atoms with Crippen LogP contribution in [0.5, 0.6) is 0 Å². The third kappa shape index (κ3) is 5.45. The van der Waals surface area contributed by atoms with Gasteiger partial charge >= 0.3 is 5.97 Å². The Bertz CT molecular complexity index is 335. The van der Waals surface area contributed by atoms with Crippen LogP contribution in [0.15, 0.2) is 18.3 Å². The predicted octanol–water partition coefficient (Wildman–Crippen LogP) is 1.77. The molecule has 0 aliphatic carbocycles. The van der Waals surface area contributed by atoms with E-state index in [4.69, 9.17) is 9.47 Å². The summed E-state index contributed by atoms with van der Waals surface area (Å²) in [7, 11) is 1.57. The summed E-state index contributed by atoms with van der Waals surface area (Å²) >= 11 is 0. The lowest BCUT2D eigenvalue weighted by Gasteiger charge is -2.04. The van der Waals surface area contributed by atoms with E-state index in [0.717, 1.165) is 18.5 Å². The third-order valence-corrected chi connectivity index (χ3v) is 2.30. The molecule has 0 fully saturated rings. The summed E-state index contributed by atoms with van der Waals surface area (Å²) < 4.78 is 9.75. The number of carbonyl (C=O) groups excluding carboxylic acids is 1. The average molecular weight is 237 g/mol. The fraction of sp³-hybridized carbons (Fsp3) is 0.538. The number of aryl methyl sites for hydroxylation is 1. The molecule has 1 aromatic heterocycles. The number of aromatic nitrogens is 1. The van der Waals surface area contributed by atoms with Crippen LogP contribution >= 0.6 is 0 Å². The standard InChI is InChI=1S/C13H19NO3/c1-3-4-11-5-6-12(14-10-11)9-13(15)17-8-7-16-2/h5-6,10H,3-4,7-9H2,1-2H3.